The van der Waals surface area contributed by atoms with Crippen molar-refractivity contribution in [2.45, 2.75) is 53.0 Å². The van der Waals surface area contributed by atoms with Crippen molar-refractivity contribution in [2.75, 3.05) is 12.0 Å². The fourth-order valence-electron chi connectivity index (χ4n) is 3.18. The maximum absolute atomic E-state index is 8.74. The van der Waals surface area contributed by atoms with Crippen LogP contribution >= 0.6 is 11.8 Å². The van der Waals surface area contributed by atoms with Gasteiger partial charge >= 0.3 is 20.8 Å². The minimum absolute atomic E-state index is 0. The molecule has 0 atom stereocenters. The zero-order chi connectivity index (χ0) is 30.4. The average molecular weight is 638 g/mol. The van der Waals surface area contributed by atoms with Gasteiger partial charge in [-0.05, 0) is 25.2 Å². The zero-order valence-electron chi connectivity index (χ0n) is 21.8. The number of unbranched alkanes of at least 4 members (excludes halogenated alkanes) is 2. The van der Waals surface area contributed by atoms with E-state index in [-0.39, 0.29) is 26.8 Å². The molecule has 0 bridgehead atoms. The summed E-state index contributed by atoms with van der Waals surface area (Å²) in [5.74, 6) is 1.80. The molecule has 0 spiro atoms. The van der Waals surface area contributed by atoms with Crippen LogP contribution in [0.25, 0.3) is 21.9 Å². The van der Waals surface area contributed by atoms with E-state index in [1.807, 2.05) is 18.2 Å². The Bertz CT molecular complexity index is 1420. The number of aromatic nitrogens is 3. The van der Waals surface area contributed by atoms with E-state index in [1.165, 1.54) is 11.8 Å². The smallest absolute Gasteiger partial charge is 0.388 e. The van der Waals surface area contributed by atoms with Crippen molar-refractivity contribution in [1.82, 2.24) is 14.5 Å². The largest absolute Gasteiger partial charge is 0.394 e. The van der Waals surface area contributed by atoms with Crippen LogP contribution in [-0.2, 0) is 33.8 Å². The van der Waals surface area contributed by atoms with Crippen LogP contribution in [0.3, 0.4) is 0 Å². The average Bonchev–Trinajstić information content (AvgIpc) is 3.16. The second kappa shape index (κ2) is 20.0. The maximum Gasteiger partial charge on any atom is 0.394 e. The van der Waals surface area contributed by atoms with E-state index in [0.29, 0.717) is 12.2 Å². The van der Waals surface area contributed by atoms with Crippen molar-refractivity contribution < 1.29 is 35.0 Å². The predicted molar refractivity (Wildman–Crippen MR) is 165 cm³/mol. The second-order valence-corrected chi connectivity index (χ2v) is 10.2. The molecular weight excluding hydrogens is 599 g/mol. The molecule has 0 aliphatic heterocycles. The number of hydrogen-bond donors (Lipinski definition) is 9. The number of para-hydroxylation sites is 1. The molecule has 20 heteroatoms. The van der Waals surface area contributed by atoms with E-state index in [1.54, 1.807) is 6.26 Å². The molecule has 3 radical (unpaired) electrons. The number of hydrogen-bond acceptors (Lipinski definition) is 10. The molecule has 0 aliphatic carbocycles. The number of fused-ring (bicyclic) bond motifs is 3. The summed E-state index contributed by atoms with van der Waals surface area (Å²) in [6, 6.07) is 8.07. The molecule has 3 aromatic rings. The molecular formula is C21H38BN8O8S3. The summed E-state index contributed by atoms with van der Waals surface area (Å²) in [6.07, 6.45) is 6.32. The number of rotatable bonds is 7. The van der Waals surface area contributed by atoms with Crippen molar-refractivity contribution in [3.63, 3.8) is 0 Å². The van der Waals surface area contributed by atoms with Crippen LogP contribution in [0, 0.1) is 10.8 Å². The lowest BCUT2D eigenvalue weighted by molar-refractivity contribution is 0.378. The summed E-state index contributed by atoms with van der Waals surface area (Å²) in [7, 11) is -9.33. The molecule has 16 nitrogen and oxygen atoms in total. The number of nitrogens with two attached hydrogens (primary N) is 3. The van der Waals surface area contributed by atoms with Crippen molar-refractivity contribution in [2.24, 2.45) is 11.5 Å². The number of anilines is 1. The topological polar surface area (TPSA) is 306 Å². The van der Waals surface area contributed by atoms with E-state index in [4.69, 9.17) is 68.1 Å². The normalized spacial score (nSPS) is 10.4. The Hall–Kier alpha value is -3.01. The fourth-order valence-corrected chi connectivity index (χ4v) is 3.18. The summed E-state index contributed by atoms with van der Waals surface area (Å²) in [6.45, 7) is 3.00. The van der Waals surface area contributed by atoms with Crippen LogP contribution in [-0.4, -0.2) is 75.3 Å². The standard InChI is InChI=1S/C18H24N6.C2H6N2S.CH4.B.2H2O4S/c1-2-15-23-16-17(24(15)11-7-3-4-10-14(19)20)12-8-5-6-9-13(12)22-18(16)21;1-5-2(3)4;;;2*1-5(2,3)4/h5-6,8-9H,2-4,7,10-11H2,1H3,(H3,19,20)(H2,21,22);1H3,(H3,3,4);1H4;;2*(H2,1,2,3,4). The Balaban J connectivity index is -0.000000708. The molecule has 2 aromatic heterocycles. The van der Waals surface area contributed by atoms with Gasteiger partial charge in [-0.25, -0.2) is 9.97 Å². The minimum atomic E-state index is -4.67. The summed E-state index contributed by atoms with van der Waals surface area (Å²) in [5.41, 5.74) is 19.2. The van der Waals surface area contributed by atoms with Gasteiger partial charge in [-0.15, -0.1) is 0 Å². The second-order valence-electron chi connectivity index (χ2n) is 7.54. The Morgan fingerprint density at radius 3 is 1.90 bits per heavy atom. The first kappa shape index (κ1) is 42.5. The van der Waals surface area contributed by atoms with E-state index < -0.39 is 20.8 Å². The molecule has 3 rings (SSSR count). The van der Waals surface area contributed by atoms with Gasteiger partial charge in [-0.1, -0.05) is 50.7 Å². The number of nitrogen functional groups attached to an aromatic ring is 1. The van der Waals surface area contributed by atoms with Gasteiger partial charge in [0.25, 0.3) is 0 Å². The van der Waals surface area contributed by atoms with Crippen molar-refractivity contribution in [3.05, 3.63) is 30.1 Å². The molecule has 0 saturated heterocycles. The summed E-state index contributed by atoms with van der Waals surface area (Å²) >= 11 is 1.24. The van der Waals surface area contributed by atoms with Crippen LogP contribution in [0.4, 0.5) is 5.82 Å². The third kappa shape index (κ3) is 19.7. The molecule has 0 aliphatic rings. The predicted octanol–water partition coefficient (Wildman–Crippen LogP) is 2.42. The molecule has 0 saturated carbocycles. The lowest BCUT2D eigenvalue weighted by Crippen LogP contribution is -2.09. The number of amidine groups is 2. The van der Waals surface area contributed by atoms with Gasteiger partial charge in [0, 0.05) is 33.2 Å². The van der Waals surface area contributed by atoms with Crippen LogP contribution in [0.1, 0.15) is 45.9 Å². The van der Waals surface area contributed by atoms with Crippen LogP contribution in [0.15, 0.2) is 24.3 Å². The van der Waals surface area contributed by atoms with E-state index in [2.05, 4.69) is 22.5 Å². The SMILES string of the molecule is C.CCc1nc2c(N)nc3ccccc3c2n1CCCCCC(=N)N.CSC(=N)N.O=S(=O)(O)O.O=S(=O)(O)O.[B]. The zero-order valence-corrected chi connectivity index (χ0v) is 24.3. The number of pyridine rings is 1. The third-order valence-electron chi connectivity index (χ3n) is 4.55. The Morgan fingerprint density at radius 1 is 0.976 bits per heavy atom. The van der Waals surface area contributed by atoms with Crippen molar-refractivity contribution in [1.29, 1.82) is 10.8 Å². The van der Waals surface area contributed by atoms with Gasteiger partial charge in [-0.2, -0.15) is 16.8 Å². The third-order valence-corrected chi connectivity index (χ3v) is 4.99. The number of aryl methyl sites for hydroxylation is 2. The first-order valence-corrected chi connectivity index (χ1v) is 15.0. The Labute approximate surface area is 246 Å². The molecule has 41 heavy (non-hydrogen) atoms. The van der Waals surface area contributed by atoms with Gasteiger partial charge in [0.1, 0.15) is 11.3 Å². The van der Waals surface area contributed by atoms with Gasteiger partial charge in [0.2, 0.25) is 0 Å². The highest BCUT2D eigenvalue weighted by molar-refractivity contribution is 8.13. The van der Waals surface area contributed by atoms with Gasteiger partial charge in [0.15, 0.2) is 11.0 Å². The highest BCUT2D eigenvalue weighted by atomic mass is 32.3. The van der Waals surface area contributed by atoms with Gasteiger partial charge in [0.05, 0.1) is 16.9 Å². The summed E-state index contributed by atoms with van der Waals surface area (Å²) in [4.78, 5) is 9.22. The summed E-state index contributed by atoms with van der Waals surface area (Å²) < 4.78 is 65.4. The van der Waals surface area contributed by atoms with Crippen molar-refractivity contribution >= 4 is 79.7 Å². The molecule has 2 heterocycles. The molecule has 0 fully saturated rings. The van der Waals surface area contributed by atoms with Crippen LogP contribution < -0.4 is 17.2 Å². The summed E-state index contributed by atoms with van der Waals surface area (Å²) in [5, 5.41) is 15.0. The molecule has 0 unspecified atom stereocenters. The molecule has 0 amide bonds. The number of benzene rings is 1. The number of thioether (sulfide) groups is 1. The van der Waals surface area contributed by atoms with Crippen molar-refractivity contribution in [3.8, 4) is 0 Å². The van der Waals surface area contributed by atoms with Crippen LogP contribution in [0.2, 0.25) is 0 Å². The first-order valence-electron chi connectivity index (χ1n) is 11.0. The molecule has 12 N–H and O–H groups in total. The first-order chi connectivity index (χ1) is 17.9. The molecule has 1 aromatic carbocycles. The van der Waals surface area contributed by atoms with Gasteiger partial charge in [-0.3, -0.25) is 29.0 Å². The Morgan fingerprint density at radius 2 is 1.46 bits per heavy atom. The lowest BCUT2D eigenvalue weighted by atomic mass is 10.1. The quantitative estimate of drug-likeness (QED) is 0.0591. The van der Waals surface area contributed by atoms with E-state index in [9.17, 15) is 0 Å². The van der Waals surface area contributed by atoms with Crippen LogP contribution in [0.5, 0.6) is 0 Å². The minimum Gasteiger partial charge on any atom is -0.388 e. The number of nitrogens with one attached hydrogen (secondary N) is 2. The highest BCUT2D eigenvalue weighted by Gasteiger charge is 2.15. The van der Waals surface area contributed by atoms with E-state index in [0.717, 1.165) is 60.0 Å². The van der Waals surface area contributed by atoms with E-state index >= 15 is 0 Å². The number of imidazole rings is 1. The lowest BCUT2D eigenvalue weighted by Gasteiger charge is -2.10. The molecule has 231 valence electrons. The fraction of sp³-hybridized carbons (Fsp3) is 0.429. The Kier molecular flexibility index (Phi) is 20.7. The monoisotopic (exact) mass is 637 g/mol. The maximum atomic E-state index is 8.74. The number of nitrogens with zero attached hydrogens (tertiary/aromatic N) is 3. The van der Waals surface area contributed by atoms with Gasteiger partial charge < -0.3 is 21.8 Å². The highest BCUT2D eigenvalue weighted by Crippen LogP contribution is 2.29.